The van der Waals surface area contributed by atoms with E-state index in [2.05, 4.69) is 22.1 Å². The molecule has 1 fully saturated rings. The first-order valence-corrected chi connectivity index (χ1v) is 9.90. The van der Waals surface area contributed by atoms with Crippen molar-refractivity contribution in [2.75, 3.05) is 20.2 Å². The highest BCUT2D eigenvalue weighted by Gasteiger charge is 2.28. The van der Waals surface area contributed by atoms with Crippen molar-refractivity contribution in [3.8, 4) is 5.75 Å². The molecule has 0 aliphatic carbocycles. The fraction of sp³-hybridized carbons (Fsp3) is 0.400. The highest BCUT2D eigenvalue weighted by molar-refractivity contribution is 7.71. The minimum Gasteiger partial charge on any atom is -0.497 e. The maximum atomic E-state index is 12.9. The number of nitrogens with zero attached hydrogens (tertiary/aromatic N) is 4. The van der Waals surface area contributed by atoms with E-state index in [1.54, 1.807) is 13.2 Å². The number of piperidine rings is 1. The van der Waals surface area contributed by atoms with E-state index < -0.39 is 0 Å². The van der Waals surface area contributed by atoms with Gasteiger partial charge < -0.3 is 14.2 Å². The van der Waals surface area contributed by atoms with Gasteiger partial charge in [-0.2, -0.15) is 5.10 Å². The van der Waals surface area contributed by atoms with E-state index >= 15 is 0 Å². The van der Waals surface area contributed by atoms with Crippen molar-refractivity contribution in [3.05, 3.63) is 46.6 Å². The first-order chi connectivity index (χ1) is 13.6. The Bertz CT molecular complexity index is 1070. The Labute approximate surface area is 168 Å². The maximum absolute atomic E-state index is 12.9. The summed E-state index contributed by atoms with van der Waals surface area (Å²) in [6.07, 6.45) is 1.74. The Morgan fingerprint density at radius 2 is 2.07 bits per heavy atom. The van der Waals surface area contributed by atoms with Gasteiger partial charge in [-0.05, 0) is 56.2 Å². The number of nitrogens with one attached hydrogen (secondary N) is 1. The number of aromatic amines is 1. The van der Waals surface area contributed by atoms with Gasteiger partial charge in [-0.1, -0.05) is 6.07 Å². The number of amides is 1. The average molecular weight is 398 g/mol. The lowest BCUT2D eigenvalue weighted by Gasteiger charge is -2.31. The second-order valence-corrected chi connectivity index (χ2v) is 7.34. The highest BCUT2D eigenvalue weighted by Crippen LogP contribution is 2.28. The molecule has 3 heterocycles. The maximum Gasteiger partial charge on any atom is 0.272 e. The average Bonchev–Trinajstić information content (AvgIpc) is 3.12. The Hall–Kier alpha value is -2.74. The molecule has 0 radical (unpaired) electrons. The molecule has 0 saturated carbocycles. The summed E-state index contributed by atoms with van der Waals surface area (Å²) in [5, 5.41) is 8.25. The molecule has 7 nitrogen and oxygen atoms in total. The zero-order valence-corrected chi connectivity index (χ0v) is 16.8. The number of fused-ring (bicyclic) bond motifs is 1. The van der Waals surface area contributed by atoms with Gasteiger partial charge in [0, 0.05) is 30.9 Å². The van der Waals surface area contributed by atoms with Crippen LogP contribution in [-0.2, 0) is 6.54 Å². The number of carbonyl (C=O) groups excluding carboxylic acids is 1. The minimum atomic E-state index is -0.0227. The number of benzene rings is 1. The molecular formula is C20H23N5O2S. The van der Waals surface area contributed by atoms with Crippen LogP contribution in [-0.4, -0.2) is 50.8 Å². The predicted molar refractivity (Wildman–Crippen MR) is 109 cm³/mol. The molecule has 0 atom stereocenters. The summed E-state index contributed by atoms with van der Waals surface area (Å²) in [6.45, 7) is 4.24. The summed E-state index contributed by atoms with van der Waals surface area (Å²) in [5.41, 5.74) is 1.27. The normalized spacial score (nSPS) is 15.1. The molecule has 146 valence electrons. The molecule has 0 spiro atoms. The Balaban J connectivity index is 1.48. The zero-order chi connectivity index (χ0) is 19.7. The molecule has 1 aliphatic rings. The molecule has 3 aromatic rings. The van der Waals surface area contributed by atoms with Crippen LogP contribution in [0.15, 0.2) is 30.3 Å². The number of ether oxygens (including phenoxy) is 1. The van der Waals surface area contributed by atoms with Crippen LogP contribution in [0.5, 0.6) is 5.75 Å². The van der Waals surface area contributed by atoms with E-state index in [1.807, 2.05) is 33.7 Å². The number of hydrogen-bond acceptors (Lipinski definition) is 5. The van der Waals surface area contributed by atoms with Gasteiger partial charge in [0.1, 0.15) is 17.3 Å². The third-order valence-electron chi connectivity index (χ3n) is 5.37. The highest BCUT2D eigenvalue weighted by atomic mass is 32.1. The van der Waals surface area contributed by atoms with Crippen molar-refractivity contribution in [1.82, 2.24) is 24.6 Å². The second-order valence-electron chi connectivity index (χ2n) is 6.95. The summed E-state index contributed by atoms with van der Waals surface area (Å²) < 4.78 is 7.94. The molecule has 1 saturated heterocycles. The van der Waals surface area contributed by atoms with Crippen LogP contribution < -0.4 is 4.74 Å². The lowest BCUT2D eigenvalue weighted by molar-refractivity contribution is 0.0704. The topological polar surface area (TPSA) is 76.0 Å². The van der Waals surface area contributed by atoms with Crippen molar-refractivity contribution in [1.29, 1.82) is 0 Å². The molecule has 1 aromatic carbocycles. The third kappa shape index (κ3) is 3.40. The van der Waals surface area contributed by atoms with Gasteiger partial charge in [-0.3, -0.25) is 9.89 Å². The Morgan fingerprint density at radius 3 is 2.79 bits per heavy atom. The number of carbonyl (C=O) groups is 1. The predicted octanol–water partition coefficient (Wildman–Crippen LogP) is 3.54. The summed E-state index contributed by atoms with van der Waals surface area (Å²) in [7, 11) is 1.64. The lowest BCUT2D eigenvalue weighted by atomic mass is 9.95. The molecule has 2 aromatic heterocycles. The third-order valence-corrected chi connectivity index (χ3v) is 5.68. The van der Waals surface area contributed by atoms with Crippen LogP contribution in [0.4, 0.5) is 0 Å². The summed E-state index contributed by atoms with van der Waals surface area (Å²) in [6, 6.07) is 9.37. The Kier molecular flexibility index (Phi) is 5.13. The van der Waals surface area contributed by atoms with E-state index in [9.17, 15) is 4.79 Å². The molecule has 4 rings (SSSR count). The van der Waals surface area contributed by atoms with Gasteiger partial charge in [0.2, 0.25) is 0 Å². The molecule has 1 N–H and O–H groups in total. The number of aromatic nitrogens is 4. The molecule has 1 aliphatic heterocycles. The molecule has 0 bridgehead atoms. The van der Waals surface area contributed by atoms with E-state index in [0.717, 1.165) is 41.9 Å². The standard InChI is InChI=1S/C20H23N5O2S/c1-3-25-18(22-23-20(25)28)13-8-10-24(11-9-13)19(26)17-6-4-14-12-15(27-2)5-7-16(14)21-17/h4-7,12-13H,3,8-11H2,1-2H3,(H,23,28). The van der Waals surface area contributed by atoms with E-state index in [-0.39, 0.29) is 5.91 Å². The molecular weight excluding hydrogens is 374 g/mol. The minimum absolute atomic E-state index is 0.0227. The van der Waals surface area contributed by atoms with Crippen LogP contribution in [0, 0.1) is 4.77 Å². The Morgan fingerprint density at radius 1 is 1.29 bits per heavy atom. The molecule has 1 amide bonds. The molecule has 8 heteroatoms. The van der Waals surface area contributed by atoms with Gasteiger partial charge in [0.15, 0.2) is 4.77 Å². The monoisotopic (exact) mass is 397 g/mol. The van der Waals surface area contributed by atoms with Crippen LogP contribution >= 0.6 is 12.2 Å². The SMILES string of the molecule is CCn1c(C2CCN(C(=O)c3ccc4cc(OC)ccc4n3)CC2)n[nH]c1=S. The van der Waals surface area contributed by atoms with Crippen molar-refractivity contribution < 1.29 is 9.53 Å². The first kappa shape index (κ1) is 18.6. The summed E-state index contributed by atoms with van der Waals surface area (Å²) in [4.78, 5) is 19.4. The van der Waals surface area contributed by atoms with Crippen molar-refractivity contribution in [2.24, 2.45) is 0 Å². The molecule has 0 unspecified atom stereocenters. The largest absolute Gasteiger partial charge is 0.497 e. The van der Waals surface area contributed by atoms with E-state index in [1.165, 1.54) is 0 Å². The van der Waals surface area contributed by atoms with Gasteiger partial charge in [0.05, 0.1) is 12.6 Å². The summed E-state index contributed by atoms with van der Waals surface area (Å²) in [5.74, 6) is 2.07. The number of H-pyrrole nitrogens is 1. The number of methoxy groups -OCH3 is 1. The van der Waals surface area contributed by atoms with Crippen molar-refractivity contribution in [3.63, 3.8) is 0 Å². The van der Waals surface area contributed by atoms with Gasteiger partial charge in [-0.15, -0.1) is 0 Å². The van der Waals surface area contributed by atoms with Crippen molar-refractivity contribution >= 4 is 29.0 Å². The second kappa shape index (κ2) is 7.71. The van der Waals surface area contributed by atoms with Crippen LogP contribution in [0.1, 0.15) is 42.0 Å². The van der Waals surface area contributed by atoms with Gasteiger partial charge >= 0.3 is 0 Å². The molecule has 28 heavy (non-hydrogen) atoms. The van der Waals surface area contributed by atoms with E-state index in [0.29, 0.717) is 29.5 Å². The van der Waals surface area contributed by atoms with Crippen LogP contribution in [0.25, 0.3) is 10.9 Å². The van der Waals surface area contributed by atoms with Gasteiger partial charge in [-0.25, -0.2) is 4.98 Å². The first-order valence-electron chi connectivity index (χ1n) is 9.50. The van der Waals surface area contributed by atoms with Crippen molar-refractivity contribution in [2.45, 2.75) is 32.2 Å². The smallest absolute Gasteiger partial charge is 0.272 e. The summed E-state index contributed by atoms with van der Waals surface area (Å²) >= 11 is 5.29. The number of pyridine rings is 1. The van der Waals surface area contributed by atoms with E-state index in [4.69, 9.17) is 17.0 Å². The quantitative estimate of drug-likeness (QED) is 0.682. The number of likely N-dealkylation sites (tertiary alicyclic amines) is 1. The van der Waals surface area contributed by atoms with Crippen LogP contribution in [0.2, 0.25) is 0 Å². The number of rotatable bonds is 4. The van der Waals surface area contributed by atoms with Crippen LogP contribution in [0.3, 0.4) is 0 Å². The van der Waals surface area contributed by atoms with Gasteiger partial charge in [0.25, 0.3) is 5.91 Å². The lowest BCUT2D eigenvalue weighted by Crippen LogP contribution is -2.38. The fourth-order valence-corrected chi connectivity index (χ4v) is 4.07. The zero-order valence-electron chi connectivity index (χ0n) is 16.0. The fourth-order valence-electron chi connectivity index (χ4n) is 3.80. The number of hydrogen-bond donors (Lipinski definition) is 1.